The van der Waals surface area contributed by atoms with Crippen LogP contribution >= 0.6 is 0 Å². The molecule has 0 radical (unpaired) electrons. The predicted molar refractivity (Wildman–Crippen MR) is 111 cm³/mol. The molecule has 0 unspecified atom stereocenters. The first-order valence-electron chi connectivity index (χ1n) is 9.49. The van der Waals surface area contributed by atoms with Crippen molar-refractivity contribution in [1.29, 1.82) is 0 Å². The summed E-state index contributed by atoms with van der Waals surface area (Å²) in [5.74, 6) is 0.542. The van der Waals surface area contributed by atoms with Gasteiger partial charge in [0.1, 0.15) is 11.9 Å². The van der Waals surface area contributed by atoms with E-state index in [1.807, 2.05) is 0 Å². The van der Waals surface area contributed by atoms with Gasteiger partial charge in [0, 0.05) is 37.0 Å². The van der Waals surface area contributed by atoms with Crippen molar-refractivity contribution in [2.24, 2.45) is 0 Å². The Labute approximate surface area is 166 Å². The topological polar surface area (TPSA) is 79.5 Å². The van der Waals surface area contributed by atoms with E-state index in [9.17, 15) is 13.2 Å². The molecule has 1 saturated heterocycles. The lowest BCUT2D eigenvalue weighted by molar-refractivity contribution is 0.0491. The molecule has 28 heavy (non-hydrogen) atoms. The highest BCUT2D eigenvalue weighted by Crippen LogP contribution is 2.26. The molecular weight excluding hydrogens is 376 g/mol. The Morgan fingerprint density at radius 1 is 1.07 bits per heavy atom. The van der Waals surface area contributed by atoms with E-state index in [2.05, 4.69) is 30.7 Å². The van der Waals surface area contributed by atoms with E-state index < -0.39 is 9.84 Å². The second-order valence-corrected chi connectivity index (χ2v) is 10.4. The first-order chi connectivity index (χ1) is 13.0. The lowest BCUT2D eigenvalue weighted by Gasteiger charge is -2.40. The van der Waals surface area contributed by atoms with Crippen molar-refractivity contribution in [3.05, 3.63) is 46.8 Å². The second-order valence-electron chi connectivity index (χ2n) is 8.37. The molecule has 6 nitrogen and oxygen atoms in total. The van der Waals surface area contributed by atoms with Crippen LogP contribution in [-0.4, -0.2) is 49.3 Å². The van der Waals surface area contributed by atoms with E-state index in [0.717, 1.165) is 31.5 Å². The van der Waals surface area contributed by atoms with Gasteiger partial charge >= 0.3 is 0 Å². The van der Waals surface area contributed by atoms with Gasteiger partial charge in [-0.15, -0.1) is 0 Å². The largest absolute Gasteiger partial charge is 0.490 e. The van der Waals surface area contributed by atoms with E-state index in [1.165, 1.54) is 12.3 Å². The third kappa shape index (κ3) is 5.02. The predicted octanol–water partition coefficient (Wildman–Crippen LogP) is 3.09. The molecule has 0 saturated carbocycles. The van der Waals surface area contributed by atoms with Gasteiger partial charge in [-0.3, -0.25) is 9.69 Å². The number of rotatable bonds is 4. The van der Waals surface area contributed by atoms with Crippen molar-refractivity contribution in [2.75, 3.05) is 19.3 Å². The second kappa shape index (κ2) is 7.72. The SMILES string of the molecule is CC(C)(C)N1CCC(Oc2cc(-c3ccc(S(C)(=O)=O)cc3)[nH]c(=O)c2)CC1. The quantitative estimate of drug-likeness (QED) is 0.847. The molecule has 0 spiro atoms. The maximum absolute atomic E-state index is 12.1. The number of H-pyrrole nitrogens is 1. The van der Waals surface area contributed by atoms with Gasteiger partial charge in [-0.25, -0.2) is 8.42 Å². The molecule has 3 rings (SSSR count). The van der Waals surface area contributed by atoms with Crippen LogP contribution in [0.4, 0.5) is 0 Å². The van der Waals surface area contributed by atoms with E-state index >= 15 is 0 Å². The summed E-state index contributed by atoms with van der Waals surface area (Å²) in [5.41, 5.74) is 1.25. The van der Waals surface area contributed by atoms with Crippen LogP contribution in [0.25, 0.3) is 11.3 Å². The maximum Gasteiger partial charge on any atom is 0.252 e. The average molecular weight is 405 g/mol. The number of nitrogens with one attached hydrogen (secondary N) is 1. The number of ether oxygens (including phenoxy) is 1. The standard InChI is InChI=1S/C21H28N2O4S/c1-21(2,3)23-11-9-16(10-12-23)27-17-13-19(22-20(24)14-17)15-5-7-18(8-6-15)28(4,25)26/h5-8,13-14,16H,9-12H2,1-4H3,(H,22,24). The highest BCUT2D eigenvalue weighted by molar-refractivity contribution is 7.90. The molecule has 2 aromatic rings. The highest BCUT2D eigenvalue weighted by atomic mass is 32.2. The van der Waals surface area contributed by atoms with Crippen LogP contribution in [0, 0.1) is 0 Å². The Morgan fingerprint density at radius 3 is 2.21 bits per heavy atom. The number of hydrogen-bond donors (Lipinski definition) is 1. The van der Waals surface area contributed by atoms with Crippen molar-refractivity contribution < 1.29 is 13.2 Å². The number of sulfone groups is 1. The molecule has 0 atom stereocenters. The molecular formula is C21H28N2O4S. The maximum atomic E-state index is 12.1. The molecule has 1 aromatic heterocycles. The summed E-state index contributed by atoms with van der Waals surface area (Å²) in [4.78, 5) is 17.6. The number of benzene rings is 1. The minimum atomic E-state index is -3.25. The Bertz CT molecular complexity index is 980. The van der Waals surface area contributed by atoms with Gasteiger partial charge in [-0.05, 0) is 51.3 Å². The van der Waals surface area contributed by atoms with Crippen molar-refractivity contribution in [3.63, 3.8) is 0 Å². The normalized spacial score (nSPS) is 16.9. The number of aromatic nitrogens is 1. The number of pyridine rings is 1. The molecule has 0 aliphatic carbocycles. The molecule has 152 valence electrons. The van der Waals surface area contributed by atoms with Crippen LogP contribution in [0.15, 0.2) is 46.1 Å². The van der Waals surface area contributed by atoms with Gasteiger partial charge in [0.2, 0.25) is 0 Å². The van der Waals surface area contributed by atoms with Crippen LogP contribution in [0.5, 0.6) is 5.75 Å². The Kier molecular flexibility index (Phi) is 5.68. The zero-order valence-electron chi connectivity index (χ0n) is 16.9. The first kappa shape index (κ1) is 20.6. The fourth-order valence-electron chi connectivity index (χ4n) is 3.46. The summed E-state index contributed by atoms with van der Waals surface area (Å²) in [7, 11) is -3.25. The molecule has 7 heteroatoms. The van der Waals surface area contributed by atoms with Crippen LogP contribution in [0.2, 0.25) is 0 Å². The molecule has 1 fully saturated rings. The fraction of sp³-hybridized carbons (Fsp3) is 0.476. The minimum Gasteiger partial charge on any atom is -0.490 e. The molecule has 0 amide bonds. The van der Waals surface area contributed by atoms with E-state index in [1.54, 1.807) is 30.3 Å². The highest BCUT2D eigenvalue weighted by Gasteiger charge is 2.27. The van der Waals surface area contributed by atoms with E-state index in [-0.39, 0.29) is 22.1 Å². The summed E-state index contributed by atoms with van der Waals surface area (Å²) >= 11 is 0. The Hall–Kier alpha value is -2.12. The summed E-state index contributed by atoms with van der Waals surface area (Å²) in [6, 6.07) is 9.72. The minimum absolute atomic E-state index is 0.0841. The fourth-order valence-corrected chi connectivity index (χ4v) is 4.09. The summed E-state index contributed by atoms with van der Waals surface area (Å²) in [6.07, 6.45) is 3.09. The molecule has 1 aromatic carbocycles. The third-order valence-corrected chi connectivity index (χ3v) is 6.23. The van der Waals surface area contributed by atoms with E-state index in [0.29, 0.717) is 11.4 Å². The summed E-state index contributed by atoms with van der Waals surface area (Å²) in [5, 5.41) is 0. The summed E-state index contributed by atoms with van der Waals surface area (Å²) < 4.78 is 29.3. The first-order valence-corrected chi connectivity index (χ1v) is 11.4. The molecule has 1 aliphatic rings. The number of aromatic amines is 1. The van der Waals surface area contributed by atoms with E-state index in [4.69, 9.17) is 4.74 Å². The lowest BCUT2D eigenvalue weighted by Crippen LogP contribution is -2.48. The van der Waals surface area contributed by atoms with Crippen molar-refractivity contribution >= 4 is 9.84 Å². The van der Waals surface area contributed by atoms with Crippen LogP contribution in [-0.2, 0) is 9.84 Å². The number of hydrogen-bond acceptors (Lipinski definition) is 5. The monoisotopic (exact) mass is 404 g/mol. The molecule has 1 aliphatic heterocycles. The van der Waals surface area contributed by atoms with Crippen molar-refractivity contribution in [2.45, 2.75) is 50.2 Å². The zero-order valence-corrected chi connectivity index (χ0v) is 17.7. The smallest absolute Gasteiger partial charge is 0.252 e. The van der Waals surface area contributed by atoms with Crippen molar-refractivity contribution in [3.8, 4) is 17.0 Å². The number of likely N-dealkylation sites (tertiary alicyclic amines) is 1. The van der Waals surface area contributed by atoms with Crippen LogP contribution in [0.1, 0.15) is 33.6 Å². The zero-order chi connectivity index (χ0) is 20.5. The number of piperidine rings is 1. The van der Waals surface area contributed by atoms with Gasteiger partial charge in [0.25, 0.3) is 5.56 Å². The third-order valence-electron chi connectivity index (χ3n) is 5.10. The lowest BCUT2D eigenvalue weighted by atomic mass is 9.99. The average Bonchev–Trinajstić information content (AvgIpc) is 2.60. The number of nitrogens with zero attached hydrogens (tertiary/aromatic N) is 1. The molecule has 1 N–H and O–H groups in total. The summed E-state index contributed by atoms with van der Waals surface area (Å²) in [6.45, 7) is 8.58. The molecule has 0 bridgehead atoms. The van der Waals surface area contributed by atoms with Crippen LogP contribution in [0.3, 0.4) is 0 Å². The Morgan fingerprint density at radius 2 is 1.68 bits per heavy atom. The van der Waals surface area contributed by atoms with Gasteiger partial charge in [0.05, 0.1) is 10.6 Å². The van der Waals surface area contributed by atoms with Crippen molar-refractivity contribution in [1.82, 2.24) is 9.88 Å². The van der Waals surface area contributed by atoms with Gasteiger partial charge in [-0.1, -0.05) is 12.1 Å². The molecule has 2 heterocycles. The van der Waals surface area contributed by atoms with Gasteiger partial charge < -0.3 is 9.72 Å². The van der Waals surface area contributed by atoms with Crippen LogP contribution < -0.4 is 10.3 Å². The van der Waals surface area contributed by atoms with Gasteiger partial charge in [0.15, 0.2) is 9.84 Å². The van der Waals surface area contributed by atoms with Gasteiger partial charge in [-0.2, -0.15) is 0 Å². The Balaban J connectivity index is 1.75.